The van der Waals surface area contributed by atoms with Crippen LogP contribution in [0.5, 0.6) is 0 Å². The first-order valence-electron chi connectivity index (χ1n) is 7.00. The van der Waals surface area contributed by atoms with E-state index in [1.807, 2.05) is 13.0 Å². The Kier molecular flexibility index (Phi) is 4.35. The monoisotopic (exact) mass is 241 g/mol. The van der Waals surface area contributed by atoms with Crippen molar-refractivity contribution in [2.45, 2.75) is 50.9 Å². The lowest BCUT2D eigenvalue weighted by atomic mass is 9.83. The molecule has 1 nitrogen and oxygen atoms in total. The van der Waals surface area contributed by atoms with E-state index in [9.17, 15) is 0 Å². The molecule has 1 aromatic carbocycles. The smallest absolute Gasteiger partial charge is 0.0391 e. The molecule has 1 saturated carbocycles. The maximum Gasteiger partial charge on any atom is 0.0391 e. The van der Waals surface area contributed by atoms with Gasteiger partial charge in [-0.1, -0.05) is 49.6 Å². The lowest BCUT2D eigenvalue weighted by molar-refractivity contribution is 0.443. The largest absolute Gasteiger partial charge is 0.309 e. The molecule has 1 aromatic rings. The van der Waals surface area contributed by atoms with E-state index in [-0.39, 0.29) is 5.92 Å². The van der Waals surface area contributed by atoms with E-state index >= 15 is 0 Å². The van der Waals surface area contributed by atoms with Crippen LogP contribution in [0.25, 0.3) is 0 Å². The van der Waals surface area contributed by atoms with E-state index in [0.717, 1.165) is 5.92 Å². The highest BCUT2D eigenvalue weighted by Crippen LogP contribution is 2.33. The van der Waals surface area contributed by atoms with Crippen LogP contribution in [-0.2, 0) is 0 Å². The minimum Gasteiger partial charge on any atom is -0.309 e. The van der Waals surface area contributed by atoms with Crippen LogP contribution in [0.4, 0.5) is 0 Å². The molecule has 96 valence electrons. The van der Waals surface area contributed by atoms with E-state index in [0.29, 0.717) is 5.71 Å². The Balaban J connectivity index is 2.13. The fraction of sp³-hybridized carbons (Fsp3) is 0.471. The van der Waals surface area contributed by atoms with Crippen LogP contribution in [0.1, 0.15) is 62.0 Å². The van der Waals surface area contributed by atoms with Gasteiger partial charge < -0.3 is 5.41 Å². The maximum atomic E-state index is 7.77. The van der Waals surface area contributed by atoms with Gasteiger partial charge in [0, 0.05) is 11.6 Å². The third-order valence-corrected chi connectivity index (χ3v) is 4.07. The summed E-state index contributed by atoms with van der Waals surface area (Å²) in [7, 11) is 0. The van der Waals surface area contributed by atoms with Crippen molar-refractivity contribution < 1.29 is 0 Å². The van der Waals surface area contributed by atoms with Crippen molar-refractivity contribution >= 4 is 5.71 Å². The van der Waals surface area contributed by atoms with Crippen molar-refractivity contribution in [1.29, 1.82) is 5.41 Å². The number of nitrogens with one attached hydrogen (secondary N) is 1. The predicted molar refractivity (Wildman–Crippen MR) is 78.6 cm³/mol. The Morgan fingerprint density at radius 3 is 2.33 bits per heavy atom. The summed E-state index contributed by atoms with van der Waals surface area (Å²) in [6.45, 7) is 5.68. The number of hydrogen-bond donors (Lipinski definition) is 1. The van der Waals surface area contributed by atoms with Crippen molar-refractivity contribution in [3.63, 3.8) is 0 Å². The Bertz CT molecular complexity index is 410. The Hall–Kier alpha value is -1.37. The second-order valence-electron chi connectivity index (χ2n) is 5.40. The Morgan fingerprint density at radius 2 is 1.83 bits per heavy atom. The minimum atomic E-state index is 0.0744. The molecule has 1 heteroatoms. The van der Waals surface area contributed by atoms with Gasteiger partial charge in [0.25, 0.3) is 0 Å². The van der Waals surface area contributed by atoms with Gasteiger partial charge in [0.1, 0.15) is 0 Å². The standard InChI is InChI=1S/C17H23N/c1-3-17(13(2)18)16-11-9-15(10-12-16)14-7-5-4-6-8-14/h3,9-12,14,17-18H,1,4-8H2,2H3. The van der Waals surface area contributed by atoms with E-state index in [1.54, 1.807) is 0 Å². The highest BCUT2D eigenvalue weighted by atomic mass is 14.4. The molecule has 0 spiro atoms. The first-order chi connectivity index (χ1) is 8.72. The normalized spacial score (nSPS) is 18.3. The molecule has 0 amide bonds. The van der Waals surface area contributed by atoms with Crippen LogP contribution in [0.2, 0.25) is 0 Å². The van der Waals surface area contributed by atoms with Crippen LogP contribution in [0.15, 0.2) is 36.9 Å². The lowest BCUT2D eigenvalue weighted by Gasteiger charge is -2.22. The van der Waals surface area contributed by atoms with Gasteiger partial charge in [-0.05, 0) is 36.8 Å². The van der Waals surface area contributed by atoms with Crippen molar-refractivity contribution in [1.82, 2.24) is 0 Å². The molecule has 1 aliphatic carbocycles. The van der Waals surface area contributed by atoms with Crippen LogP contribution >= 0.6 is 0 Å². The number of allylic oxidation sites excluding steroid dienone is 1. The summed E-state index contributed by atoms with van der Waals surface area (Å²) >= 11 is 0. The average Bonchev–Trinajstić information content (AvgIpc) is 2.41. The Labute approximate surface area is 110 Å². The topological polar surface area (TPSA) is 23.9 Å². The second kappa shape index (κ2) is 5.99. The molecule has 1 fully saturated rings. The van der Waals surface area contributed by atoms with E-state index < -0.39 is 0 Å². The van der Waals surface area contributed by atoms with E-state index in [4.69, 9.17) is 5.41 Å². The first kappa shape index (κ1) is 13.1. The zero-order chi connectivity index (χ0) is 13.0. The van der Waals surface area contributed by atoms with Gasteiger partial charge in [0.2, 0.25) is 0 Å². The molecule has 1 atom stereocenters. The Morgan fingerprint density at radius 1 is 1.22 bits per heavy atom. The predicted octanol–water partition coefficient (Wildman–Crippen LogP) is 5.04. The summed E-state index contributed by atoms with van der Waals surface area (Å²) in [5.74, 6) is 0.835. The van der Waals surface area contributed by atoms with Crippen molar-refractivity contribution in [3.05, 3.63) is 48.0 Å². The molecule has 0 radical (unpaired) electrons. The first-order valence-corrected chi connectivity index (χ1v) is 7.00. The van der Waals surface area contributed by atoms with Crippen LogP contribution in [0.3, 0.4) is 0 Å². The highest BCUT2D eigenvalue weighted by molar-refractivity contribution is 5.87. The molecule has 0 saturated heterocycles. The number of hydrogen-bond acceptors (Lipinski definition) is 1. The van der Waals surface area contributed by atoms with Gasteiger partial charge in [-0.3, -0.25) is 0 Å². The molecule has 1 aliphatic rings. The zero-order valence-electron chi connectivity index (χ0n) is 11.3. The fourth-order valence-corrected chi connectivity index (χ4v) is 2.97. The van der Waals surface area contributed by atoms with Gasteiger partial charge in [-0.2, -0.15) is 0 Å². The zero-order valence-corrected chi connectivity index (χ0v) is 11.3. The van der Waals surface area contributed by atoms with E-state index in [1.165, 1.54) is 43.2 Å². The molecule has 2 rings (SSSR count). The quantitative estimate of drug-likeness (QED) is 0.564. The molecule has 0 bridgehead atoms. The molecule has 0 heterocycles. The van der Waals surface area contributed by atoms with E-state index in [2.05, 4.69) is 30.8 Å². The third kappa shape index (κ3) is 2.90. The highest BCUT2D eigenvalue weighted by Gasteiger charge is 2.16. The summed E-state index contributed by atoms with van der Waals surface area (Å²) in [6.07, 6.45) is 8.70. The molecule has 18 heavy (non-hydrogen) atoms. The maximum absolute atomic E-state index is 7.77. The number of rotatable bonds is 4. The van der Waals surface area contributed by atoms with Crippen LogP contribution < -0.4 is 0 Å². The molecule has 0 aromatic heterocycles. The molecule has 0 aliphatic heterocycles. The summed E-state index contributed by atoms with van der Waals surface area (Å²) in [6, 6.07) is 8.86. The van der Waals surface area contributed by atoms with Gasteiger partial charge in [0.05, 0.1) is 0 Å². The van der Waals surface area contributed by atoms with Gasteiger partial charge in [-0.15, -0.1) is 6.58 Å². The minimum absolute atomic E-state index is 0.0744. The second-order valence-corrected chi connectivity index (χ2v) is 5.40. The van der Waals surface area contributed by atoms with Gasteiger partial charge in [0.15, 0.2) is 0 Å². The summed E-state index contributed by atoms with van der Waals surface area (Å²) in [5.41, 5.74) is 3.33. The molecule has 1 unspecified atom stereocenters. The summed E-state index contributed by atoms with van der Waals surface area (Å²) in [4.78, 5) is 0. The third-order valence-electron chi connectivity index (χ3n) is 4.07. The van der Waals surface area contributed by atoms with Crippen molar-refractivity contribution in [2.24, 2.45) is 0 Å². The molecular weight excluding hydrogens is 218 g/mol. The van der Waals surface area contributed by atoms with Gasteiger partial charge in [-0.25, -0.2) is 0 Å². The van der Waals surface area contributed by atoms with Crippen LogP contribution in [-0.4, -0.2) is 5.71 Å². The summed E-state index contributed by atoms with van der Waals surface area (Å²) in [5, 5.41) is 7.77. The average molecular weight is 241 g/mol. The molecule has 1 N–H and O–H groups in total. The fourth-order valence-electron chi connectivity index (χ4n) is 2.97. The number of benzene rings is 1. The van der Waals surface area contributed by atoms with Crippen LogP contribution in [0, 0.1) is 5.41 Å². The van der Waals surface area contributed by atoms with Crippen molar-refractivity contribution in [3.8, 4) is 0 Å². The molecular formula is C17H23N. The van der Waals surface area contributed by atoms with Gasteiger partial charge >= 0.3 is 0 Å². The summed E-state index contributed by atoms with van der Waals surface area (Å²) < 4.78 is 0. The van der Waals surface area contributed by atoms with Crippen molar-refractivity contribution in [2.75, 3.05) is 0 Å². The lowest BCUT2D eigenvalue weighted by Crippen LogP contribution is -2.07. The SMILES string of the molecule is C=CC(C(C)=N)c1ccc(C2CCCCC2)cc1.